The predicted molar refractivity (Wildman–Crippen MR) is 120 cm³/mol. The summed E-state index contributed by atoms with van der Waals surface area (Å²) >= 11 is 0. The largest absolute Gasteiger partial charge is 0.492 e. The number of hydrogen-bond acceptors (Lipinski definition) is 4. The van der Waals surface area contributed by atoms with E-state index in [1.165, 1.54) is 25.9 Å². The molecule has 1 aromatic rings. The molecule has 0 aliphatic carbocycles. The Bertz CT molecular complexity index is 609. The van der Waals surface area contributed by atoms with Gasteiger partial charge in [0.25, 0.3) is 5.91 Å². The Labute approximate surface area is 177 Å². The van der Waals surface area contributed by atoms with E-state index < -0.39 is 5.60 Å². The predicted octanol–water partition coefficient (Wildman–Crippen LogP) is 4.97. The van der Waals surface area contributed by atoms with E-state index in [-0.39, 0.29) is 5.91 Å². The fourth-order valence-corrected chi connectivity index (χ4v) is 3.80. The molecule has 0 radical (unpaired) electrons. The van der Waals surface area contributed by atoms with Crippen LogP contribution in [-0.2, 0) is 9.53 Å². The summed E-state index contributed by atoms with van der Waals surface area (Å²) < 4.78 is 11.8. The van der Waals surface area contributed by atoms with Crippen LogP contribution < -0.4 is 10.1 Å². The molecular formula is C24H40N2O3. The van der Waals surface area contributed by atoms with Crippen LogP contribution in [0.25, 0.3) is 0 Å². The molecule has 1 aromatic carbocycles. The monoisotopic (exact) mass is 404 g/mol. The molecule has 5 nitrogen and oxygen atoms in total. The van der Waals surface area contributed by atoms with Gasteiger partial charge in [0.15, 0.2) is 0 Å². The SMILES string of the molecule is CCCO[C@@](C)(CC(C)C)C(=O)Nc1ccc(OCCN2CCC(C)CC2)cc1. The molecular weight excluding hydrogens is 364 g/mol. The second-order valence-corrected chi connectivity index (χ2v) is 9.03. The van der Waals surface area contributed by atoms with Gasteiger partial charge < -0.3 is 14.8 Å². The molecule has 1 amide bonds. The summed E-state index contributed by atoms with van der Waals surface area (Å²) in [5.74, 6) is 1.97. The lowest BCUT2D eigenvalue weighted by Crippen LogP contribution is -2.44. The number of rotatable bonds is 11. The lowest BCUT2D eigenvalue weighted by Gasteiger charge is -2.30. The van der Waals surface area contributed by atoms with E-state index in [0.717, 1.165) is 30.3 Å². The highest BCUT2D eigenvalue weighted by Gasteiger charge is 2.34. The molecule has 1 fully saturated rings. The lowest BCUT2D eigenvalue weighted by molar-refractivity contribution is -0.141. The summed E-state index contributed by atoms with van der Waals surface area (Å²) in [6, 6.07) is 7.62. The zero-order valence-corrected chi connectivity index (χ0v) is 19.0. The van der Waals surface area contributed by atoms with Crippen LogP contribution in [0.2, 0.25) is 0 Å². The van der Waals surface area contributed by atoms with Crippen molar-refractivity contribution in [3.05, 3.63) is 24.3 Å². The Balaban J connectivity index is 1.82. The quantitative estimate of drug-likeness (QED) is 0.566. The standard InChI is InChI=1S/C24H40N2O3/c1-6-16-29-24(5,18-19(2)3)23(27)25-21-7-9-22(10-8-21)28-17-15-26-13-11-20(4)12-14-26/h7-10,19-20H,6,11-18H2,1-5H3,(H,25,27)/t24-/m0/s1. The van der Waals surface area contributed by atoms with Crippen molar-refractivity contribution in [1.82, 2.24) is 4.90 Å². The maximum atomic E-state index is 12.9. The van der Waals surface area contributed by atoms with Gasteiger partial charge >= 0.3 is 0 Å². The number of nitrogens with one attached hydrogen (secondary N) is 1. The van der Waals surface area contributed by atoms with Gasteiger partial charge in [0, 0.05) is 18.8 Å². The molecule has 0 unspecified atom stereocenters. The van der Waals surface area contributed by atoms with Crippen molar-refractivity contribution < 1.29 is 14.3 Å². The molecule has 164 valence electrons. The van der Waals surface area contributed by atoms with Crippen LogP contribution in [0, 0.1) is 11.8 Å². The van der Waals surface area contributed by atoms with E-state index in [1.54, 1.807) is 0 Å². The second kappa shape index (κ2) is 11.6. The molecule has 2 rings (SSSR count). The molecule has 0 bridgehead atoms. The van der Waals surface area contributed by atoms with Crippen LogP contribution in [0.15, 0.2) is 24.3 Å². The molecule has 0 spiro atoms. The molecule has 1 aliphatic heterocycles. The van der Waals surface area contributed by atoms with E-state index in [0.29, 0.717) is 25.6 Å². The third kappa shape index (κ3) is 7.98. The smallest absolute Gasteiger partial charge is 0.256 e. The molecule has 1 saturated heterocycles. The summed E-state index contributed by atoms with van der Waals surface area (Å²) in [6.07, 6.45) is 4.15. The van der Waals surface area contributed by atoms with Crippen LogP contribution in [0.4, 0.5) is 5.69 Å². The average Bonchev–Trinajstić information content (AvgIpc) is 2.68. The van der Waals surface area contributed by atoms with Gasteiger partial charge in [0.2, 0.25) is 0 Å². The number of carbonyl (C=O) groups is 1. The van der Waals surface area contributed by atoms with Gasteiger partial charge in [-0.05, 0) is 81.8 Å². The van der Waals surface area contributed by atoms with E-state index in [9.17, 15) is 4.79 Å². The van der Waals surface area contributed by atoms with Crippen molar-refractivity contribution in [3.63, 3.8) is 0 Å². The zero-order chi connectivity index (χ0) is 21.3. The van der Waals surface area contributed by atoms with Crippen molar-refractivity contribution in [3.8, 4) is 5.75 Å². The third-order valence-corrected chi connectivity index (χ3v) is 5.57. The molecule has 1 N–H and O–H groups in total. The maximum Gasteiger partial charge on any atom is 0.256 e. The van der Waals surface area contributed by atoms with Gasteiger partial charge in [-0.2, -0.15) is 0 Å². The van der Waals surface area contributed by atoms with E-state index in [4.69, 9.17) is 9.47 Å². The van der Waals surface area contributed by atoms with Gasteiger partial charge in [-0.15, -0.1) is 0 Å². The van der Waals surface area contributed by atoms with Crippen LogP contribution in [0.1, 0.15) is 60.3 Å². The van der Waals surface area contributed by atoms with Crippen molar-refractivity contribution >= 4 is 11.6 Å². The van der Waals surface area contributed by atoms with Crippen molar-refractivity contribution in [2.45, 2.75) is 65.9 Å². The molecule has 1 aliphatic rings. The number of ether oxygens (including phenoxy) is 2. The highest BCUT2D eigenvalue weighted by Crippen LogP contribution is 2.24. The van der Waals surface area contributed by atoms with Crippen molar-refractivity contribution in [1.29, 1.82) is 0 Å². The Morgan fingerprint density at radius 1 is 1.21 bits per heavy atom. The van der Waals surface area contributed by atoms with Crippen molar-refractivity contribution in [2.75, 3.05) is 38.2 Å². The highest BCUT2D eigenvalue weighted by molar-refractivity contribution is 5.97. The first-order valence-corrected chi connectivity index (χ1v) is 11.2. The lowest BCUT2D eigenvalue weighted by atomic mass is 9.93. The van der Waals surface area contributed by atoms with Gasteiger partial charge in [0.05, 0.1) is 0 Å². The van der Waals surface area contributed by atoms with E-state index >= 15 is 0 Å². The number of piperidine rings is 1. The summed E-state index contributed by atoms with van der Waals surface area (Å²) in [4.78, 5) is 15.3. The molecule has 0 saturated carbocycles. The number of anilines is 1. The Morgan fingerprint density at radius 3 is 2.45 bits per heavy atom. The minimum atomic E-state index is -0.814. The fraction of sp³-hybridized carbons (Fsp3) is 0.708. The second-order valence-electron chi connectivity index (χ2n) is 9.03. The Morgan fingerprint density at radius 2 is 1.86 bits per heavy atom. The number of hydrogen-bond donors (Lipinski definition) is 1. The summed E-state index contributed by atoms with van der Waals surface area (Å²) in [6.45, 7) is 15.1. The van der Waals surface area contributed by atoms with Gasteiger partial charge in [-0.3, -0.25) is 9.69 Å². The molecule has 29 heavy (non-hydrogen) atoms. The maximum absolute atomic E-state index is 12.9. The minimum absolute atomic E-state index is 0.0901. The van der Waals surface area contributed by atoms with Crippen LogP contribution >= 0.6 is 0 Å². The third-order valence-electron chi connectivity index (χ3n) is 5.57. The van der Waals surface area contributed by atoms with Gasteiger partial charge in [0.1, 0.15) is 18.0 Å². The number of benzene rings is 1. The summed E-state index contributed by atoms with van der Waals surface area (Å²) in [5, 5.41) is 3.01. The summed E-state index contributed by atoms with van der Waals surface area (Å²) in [5.41, 5.74) is -0.0480. The minimum Gasteiger partial charge on any atom is -0.492 e. The van der Waals surface area contributed by atoms with Crippen molar-refractivity contribution in [2.24, 2.45) is 11.8 Å². The van der Waals surface area contributed by atoms with E-state index in [2.05, 4.69) is 37.9 Å². The molecule has 5 heteroatoms. The van der Waals surface area contributed by atoms with Crippen LogP contribution in [0.3, 0.4) is 0 Å². The Hall–Kier alpha value is -1.59. The van der Waals surface area contributed by atoms with Crippen LogP contribution in [0.5, 0.6) is 5.75 Å². The Kier molecular flexibility index (Phi) is 9.44. The molecule has 1 atom stereocenters. The van der Waals surface area contributed by atoms with Gasteiger partial charge in [-0.25, -0.2) is 0 Å². The number of amides is 1. The first kappa shape index (κ1) is 23.7. The average molecular weight is 405 g/mol. The number of nitrogens with zero attached hydrogens (tertiary/aromatic N) is 1. The first-order chi connectivity index (χ1) is 13.8. The molecule has 0 aromatic heterocycles. The number of likely N-dealkylation sites (tertiary alicyclic amines) is 1. The normalized spacial score (nSPS) is 17.9. The highest BCUT2D eigenvalue weighted by atomic mass is 16.5. The fourth-order valence-electron chi connectivity index (χ4n) is 3.80. The topological polar surface area (TPSA) is 50.8 Å². The zero-order valence-electron chi connectivity index (χ0n) is 19.0. The molecule has 1 heterocycles. The van der Waals surface area contributed by atoms with Crippen LogP contribution in [-0.4, -0.2) is 49.3 Å². The number of carbonyl (C=O) groups excluding carboxylic acids is 1. The summed E-state index contributed by atoms with van der Waals surface area (Å²) in [7, 11) is 0. The first-order valence-electron chi connectivity index (χ1n) is 11.2. The van der Waals surface area contributed by atoms with E-state index in [1.807, 2.05) is 31.2 Å². The van der Waals surface area contributed by atoms with Gasteiger partial charge in [-0.1, -0.05) is 27.7 Å².